The van der Waals surface area contributed by atoms with E-state index in [1.807, 2.05) is 0 Å². The molecule has 0 aromatic heterocycles. The molecule has 2 rings (SSSR count). The fraction of sp³-hybridized carbons (Fsp3) is 0.625. The Balaban J connectivity index is 2.34. The van der Waals surface area contributed by atoms with Crippen molar-refractivity contribution in [2.24, 2.45) is 0 Å². The van der Waals surface area contributed by atoms with E-state index in [0.29, 0.717) is 6.04 Å². The summed E-state index contributed by atoms with van der Waals surface area (Å²) in [6.45, 7) is 10.6. The number of ether oxygens (including phenoxy) is 1. The van der Waals surface area contributed by atoms with E-state index in [1.165, 1.54) is 23.1 Å². The van der Waals surface area contributed by atoms with E-state index in [1.54, 1.807) is 0 Å². The second kappa shape index (κ2) is 5.41. The highest BCUT2D eigenvalue weighted by atomic mass is 16.5. The topological polar surface area (TPSA) is 21.3 Å². The van der Waals surface area contributed by atoms with Gasteiger partial charge in [-0.15, -0.1) is 0 Å². The van der Waals surface area contributed by atoms with Gasteiger partial charge >= 0.3 is 0 Å². The Hall–Kier alpha value is -0.860. The summed E-state index contributed by atoms with van der Waals surface area (Å²) < 4.78 is 6.03. The molecule has 2 unspecified atom stereocenters. The minimum Gasteiger partial charge on any atom is -0.373 e. The van der Waals surface area contributed by atoms with Crippen molar-refractivity contribution in [1.29, 1.82) is 0 Å². The summed E-state index contributed by atoms with van der Waals surface area (Å²) in [6.07, 6.45) is 2.31. The third kappa shape index (κ3) is 2.76. The highest BCUT2D eigenvalue weighted by molar-refractivity contribution is 5.32. The first kappa shape index (κ1) is 13.6. The molecular formula is C16H25NO. The van der Waals surface area contributed by atoms with Crippen LogP contribution in [0.4, 0.5) is 0 Å². The quantitative estimate of drug-likeness (QED) is 0.879. The van der Waals surface area contributed by atoms with Crippen molar-refractivity contribution in [2.45, 2.75) is 52.2 Å². The van der Waals surface area contributed by atoms with Crippen LogP contribution in [0.2, 0.25) is 0 Å². The average molecular weight is 247 g/mol. The molecule has 2 atom stereocenters. The van der Waals surface area contributed by atoms with Crippen molar-refractivity contribution in [3.63, 3.8) is 0 Å². The van der Waals surface area contributed by atoms with Crippen molar-refractivity contribution in [3.8, 4) is 0 Å². The molecule has 0 saturated carbocycles. The summed E-state index contributed by atoms with van der Waals surface area (Å²) in [5.74, 6) is 0. The average Bonchev–Trinajstić information content (AvgIpc) is 2.72. The molecule has 100 valence electrons. The Labute approximate surface area is 111 Å². The van der Waals surface area contributed by atoms with Crippen LogP contribution in [0.5, 0.6) is 0 Å². The number of hydrogen-bond acceptors (Lipinski definition) is 2. The molecule has 2 nitrogen and oxygen atoms in total. The summed E-state index contributed by atoms with van der Waals surface area (Å²) in [7, 11) is 0. The molecule has 18 heavy (non-hydrogen) atoms. The van der Waals surface area contributed by atoms with E-state index in [-0.39, 0.29) is 5.60 Å². The molecule has 1 fully saturated rings. The van der Waals surface area contributed by atoms with Gasteiger partial charge in [-0.2, -0.15) is 0 Å². The largest absolute Gasteiger partial charge is 0.373 e. The zero-order chi connectivity index (χ0) is 13.2. The van der Waals surface area contributed by atoms with Crippen molar-refractivity contribution >= 4 is 0 Å². The Morgan fingerprint density at radius 1 is 1.28 bits per heavy atom. The minimum atomic E-state index is -0.0593. The molecule has 0 radical (unpaired) electrons. The minimum absolute atomic E-state index is 0.0593. The molecule has 2 heteroatoms. The van der Waals surface area contributed by atoms with Crippen LogP contribution in [0.15, 0.2) is 18.2 Å². The van der Waals surface area contributed by atoms with Gasteiger partial charge in [0.05, 0.1) is 11.6 Å². The van der Waals surface area contributed by atoms with Crippen LogP contribution < -0.4 is 5.32 Å². The number of rotatable bonds is 4. The Morgan fingerprint density at radius 3 is 2.44 bits per heavy atom. The van der Waals surface area contributed by atoms with Gasteiger partial charge in [0, 0.05) is 6.61 Å². The van der Waals surface area contributed by atoms with Gasteiger partial charge < -0.3 is 10.1 Å². The molecular weight excluding hydrogens is 222 g/mol. The lowest BCUT2D eigenvalue weighted by Gasteiger charge is -2.34. The van der Waals surface area contributed by atoms with E-state index in [4.69, 9.17) is 4.74 Å². The van der Waals surface area contributed by atoms with Crippen LogP contribution in [0.25, 0.3) is 0 Å². The lowest BCUT2D eigenvalue weighted by atomic mass is 9.86. The van der Waals surface area contributed by atoms with Gasteiger partial charge in [-0.1, -0.05) is 36.2 Å². The van der Waals surface area contributed by atoms with Gasteiger partial charge in [0.2, 0.25) is 0 Å². The predicted molar refractivity (Wildman–Crippen MR) is 75.9 cm³/mol. The van der Waals surface area contributed by atoms with Crippen LogP contribution >= 0.6 is 0 Å². The molecule has 1 aromatic rings. The fourth-order valence-electron chi connectivity index (χ4n) is 3.10. The lowest BCUT2D eigenvalue weighted by Crippen LogP contribution is -2.41. The maximum atomic E-state index is 6.03. The summed E-state index contributed by atoms with van der Waals surface area (Å²) in [5, 5.41) is 3.61. The number of aryl methyl sites for hydroxylation is 2. The van der Waals surface area contributed by atoms with E-state index in [9.17, 15) is 0 Å². The third-order valence-corrected chi connectivity index (χ3v) is 3.85. The van der Waals surface area contributed by atoms with Crippen molar-refractivity contribution in [3.05, 3.63) is 34.9 Å². The van der Waals surface area contributed by atoms with Crippen LogP contribution in [-0.4, -0.2) is 18.8 Å². The van der Waals surface area contributed by atoms with Gasteiger partial charge in [-0.3, -0.25) is 0 Å². The molecule has 1 aliphatic rings. The SMILES string of the molecule is CCNC(c1cc(C)cc(C)c1)C1(C)CCCO1. The normalized spacial score (nSPS) is 25.3. The third-order valence-electron chi connectivity index (χ3n) is 3.85. The highest BCUT2D eigenvalue weighted by Crippen LogP contribution is 2.37. The predicted octanol–water partition coefficient (Wildman–Crippen LogP) is 3.52. The van der Waals surface area contributed by atoms with Crippen molar-refractivity contribution in [2.75, 3.05) is 13.2 Å². The van der Waals surface area contributed by atoms with Gasteiger partial charge in [0.25, 0.3) is 0 Å². The molecule has 1 N–H and O–H groups in total. The van der Waals surface area contributed by atoms with E-state index >= 15 is 0 Å². The highest BCUT2D eigenvalue weighted by Gasteiger charge is 2.38. The van der Waals surface area contributed by atoms with Crippen LogP contribution in [0.3, 0.4) is 0 Å². The molecule has 0 amide bonds. The van der Waals surface area contributed by atoms with Crippen molar-refractivity contribution in [1.82, 2.24) is 5.32 Å². The van der Waals surface area contributed by atoms with Crippen LogP contribution in [0.1, 0.15) is 49.4 Å². The van der Waals surface area contributed by atoms with Gasteiger partial charge in [-0.05, 0) is 45.7 Å². The second-order valence-corrected chi connectivity index (χ2v) is 5.68. The first-order valence-corrected chi connectivity index (χ1v) is 7.01. The van der Waals surface area contributed by atoms with Gasteiger partial charge in [0.15, 0.2) is 0 Å². The van der Waals surface area contributed by atoms with Crippen LogP contribution in [0, 0.1) is 13.8 Å². The monoisotopic (exact) mass is 247 g/mol. The summed E-state index contributed by atoms with van der Waals surface area (Å²) in [4.78, 5) is 0. The second-order valence-electron chi connectivity index (χ2n) is 5.68. The zero-order valence-corrected chi connectivity index (χ0v) is 12.0. The smallest absolute Gasteiger partial charge is 0.0849 e. The fourth-order valence-corrected chi connectivity index (χ4v) is 3.10. The van der Waals surface area contributed by atoms with Crippen molar-refractivity contribution < 1.29 is 4.74 Å². The number of nitrogens with one attached hydrogen (secondary N) is 1. The molecule has 1 aromatic carbocycles. The molecule has 1 heterocycles. The maximum Gasteiger partial charge on any atom is 0.0849 e. The summed E-state index contributed by atoms with van der Waals surface area (Å²) in [5.41, 5.74) is 3.96. The van der Waals surface area contributed by atoms with E-state index in [0.717, 1.165) is 19.6 Å². The molecule has 0 bridgehead atoms. The standard InChI is InChI=1S/C16H25NO/c1-5-17-15(16(4)7-6-8-18-16)14-10-12(2)9-13(3)11-14/h9-11,15,17H,5-8H2,1-4H3. The number of likely N-dealkylation sites (N-methyl/N-ethyl adjacent to an activating group) is 1. The van der Waals surface area contributed by atoms with E-state index < -0.39 is 0 Å². The molecule has 0 aliphatic carbocycles. The van der Waals surface area contributed by atoms with Crippen LogP contribution in [-0.2, 0) is 4.74 Å². The molecule has 1 saturated heterocycles. The van der Waals surface area contributed by atoms with E-state index in [2.05, 4.69) is 51.2 Å². The Kier molecular flexibility index (Phi) is 4.08. The summed E-state index contributed by atoms with van der Waals surface area (Å²) in [6, 6.07) is 7.09. The molecule has 1 aliphatic heterocycles. The molecule has 0 spiro atoms. The Bertz CT molecular complexity index is 387. The lowest BCUT2D eigenvalue weighted by molar-refractivity contribution is -0.0121. The number of benzene rings is 1. The van der Waals surface area contributed by atoms with Gasteiger partial charge in [-0.25, -0.2) is 0 Å². The first-order valence-electron chi connectivity index (χ1n) is 7.01. The zero-order valence-electron chi connectivity index (χ0n) is 12.0. The maximum absolute atomic E-state index is 6.03. The Morgan fingerprint density at radius 2 is 1.94 bits per heavy atom. The first-order chi connectivity index (χ1) is 8.55. The summed E-state index contributed by atoms with van der Waals surface area (Å²) >= 11 is 0. The number of hydrogen-bond donors (Lipinski definition) is 1. The van der Waals surface area contributed by atoms with Gasteiger partial charge in [0.1, 0.15) is 0 Å².